The molecule has 0 spiro atoms. The van der Waals surface area contributed by atoms with Crippen LogP contribution in [0.3, 0.4) is 0 Å². The number of nitrogens with zero attached hydrogens (tertiary/aromatic N) is 5. The number of fused-ring (bicyclic) bond motifs is 1. The number of ether oxygens (including phenoxy) is 3. The van der Waals surface area contributed by atoms with Gasteiger partial charge in [-0.05, 0) is 17.7 Å². The lowest BCUT2D eigenvalue weighted by molar-refractivity contribution is 0.0797. The highest BCUT2D eigenvalue weighted by Gasteiger charge is 2.17. The fourth-order valence-corrected chi connectivity index (χ4v) is 3.48. The van der Waals surface area contributed by atoms with E-state index in [1.54, 1.807) is 36.5 Å². The molecule has 0 atom stereocenters. The lowest BCUT2D eigenvalue weighted by Crippen LogP contribution is -2.26. The minimum absolute atomic E-state index is 0.247. The van der Waals surface area contributed by atoms with E-state index in [2.05, 4.69) is 27.1 Å². The number of rotatable bonds is 7. The van der Waals surface area contributed by atoms with Gasteiger partial charge in [0.25, 0.3) is 0 Å². The Morgan fingerprint density at radius 3 is 2.81 bits per heavy atom. The van der Waals surface area contributed by atoms with E-state index in [1.165, 1.54) is 5.56 Å². The largest absolute Gasteiger partial charge is 0.495 e. The third-order valence-electron chi connectivity index (χ3n) is 5.03. The number of hydrogen-bond acceptors (Lipinski definition) is 7. The molecule has 0 radical (unpaired) electrons. The normalized spacial score (nSPS) is 12.9. The van der Waals surface area contributed by atoms with Crippen molar-refractivity contribution in [2.45, 2.75) is 6.54 Å². The van der Waals surface area contributed by atoms with Gasteiger partial charge in [0.2, 0.25) is 6.79 Å². The van der Waals surface area contributed by atoms with Crippen molar-refractivity contribution in [1.82, 2.24) is 19.6 Å². The summed E-state index contributed by atoms with van der Waals surface area (Å²) < 4.78 is 17.9. The van der Waals surface area contributed by atoms with Gasteiger partial charge in [-0.15, -0.1) is 0 Å². The highest BCUT2D eigenvalue weighted by molar-refractivity contribution is 5.77. The molecule has 0 fully saturated rings. The quantitative estimate of drug-likeness (QED) is 0.456. The molecule has 0 saturated heterocycles. The van der Waals surface area contributed by atoms with Gasteiger partial charge in [-0.3, -0.25) is 4.98 Å². The van der Waals surface area contributed by atoms with Crippen LogP contribution in [0.2, 0.25) is 0 Å². The monoisotopic (exact) mass is 415 g/mol. The second-order valence-electron chi connectivity index (χ2n) is 7.08. The van der Waals surface area contributed by atoms with Crippen molar-refractivity contribution in [3.63, 3.8) is 0 Å². The minimum Gasteiger partial charge on any atom is -0.495 e. The van der Waals surface area contributed by atoms with Crippen LogP contribution >= 0.6 is 0 Å². The highest BCUT2D eigenvalue weighted by Crippen LogP contribution is 2.27. The highest BCUT2D eigenvalue weighted by atomic mass is 16.7. The molecule has 1 aromatic carbocycles. The molecule has 0 aliphatic carbocycles. The topological polar surface area (TPSA) is 74.0 Å². The molecule has 1 aliphatic rings. The van der Waals surface area contributed by atoms with Crippen LogP contribution in [0.5, 0.6) is 5.75 Å². The van der Waals surface area contributed by atoms with Crippen LogP contribution in [-0.2, 0) is 16.0 Å². The van der Waals surface area contributed by atoms with Crippen molar-refractivity contribution in [3.05, 3.63) is 84.8 Å². The molecule has 0 amide bonds. The summed E-state index contributed by atoms with van der Waals surface area (Å²) in [6.07, 6.45) is 8.81. The predicted molar refractivity (Wildman–Crippen MR) is 115 cm³/mol. The number of anilines is 1. The number of aromatic nitrogens is 4. The summed E-state index contributed by atoms with van der Waals surface area (Å²) in [5.74, 6) is 2.26. The maximum Gasteiger partial charge on any atom is 0.229 e. The fourth-order valence-electron chi connectivity index (χ4n) is 3.48. The van der Waals surface area contributed by atoms with E-state index in [9.17, 15) is 0 Å². The molecule has 8 nitrogen and oxygen atoms in total. The Morgan fingerprint density at radius 2 is 2.00 bits per heavy atom. The molecule has 4 aromatic rings. The lowest BCUT2D eigenvalue weighted by atomic mass is 10.1. The molecule has 4 heterocycles. The molecule has 156 valence electrons. The second-order valence-corrected chi connectivity index (χ2v) is 7.08. The Balaban J connectivity index is 1.53. The van der Waals surface area contributed by atoms with Crippen LogP contribution < -0.4 is 9.64 Å². The van der Waals surface area contributed by atoms with Gasteiger partial charge in [-0.25, -0.2) is 9.50 Å². The van der Waals surface area contributed by atoms with Crippen molar-refractivity contribution in [2.75, 3.05) is 25.3 Å². The summed E-state index contributed by atoms with van der Waals surface area (Å²) in [7, 11) is 1.62. The predicted octanol–water partition coefficient (Wildman–Crippen LogP) is 3.65. The summed E-state index contributed by atoms with van der Waals surface area (Å²) >= 11 is 0. The van der Waals surface area contributed by atoms with Gasteiger partial charge in [0, 0.05) is 30.1 Å². The van der Waals surface area contributed by atoms with Crippen LogP contribution in [0.25, 0.3) is 16.8 Å². The van der Waals surface area contributed by atoms with Crippen molar-refractivity contribution < 1.29 is 14.2 Å². The summed E-state index contributed by atoms with van der Waals surface area (Å²) in [6.45, 7) is 1.47. The van der Waals surface area contributed by atoms with E-state index in [0.29, 0.717) is 18.8 Å². The Bertz CT molecular complexity index is 1220. The third-order valence-corrected chi connectivity index (χ3v) is 5.03. The van der Waals surface area contributed by atoms with Crippen molar-refractivity contribution in [3.8, 4) is 16.9 Å². The molecular weight excluding hydrogens is 394 g/mol. The van der Waals surface area contributed by atoms with E-state index >= 15 is 0 Å². The van der Waals surface area contributed by atoms with Gasteiger partial charge in [-0.1, -0.05) is 30.3 Å². The molecule has 1 aliphatic heterocycles. The summed E-state index contributed by atoms with van der Waals surface area (Å²) in [5, 5.41) is 4.45. The molecule has 0 saturated carbocycles. The molecular formula is C23H21N5O3. The van der Waals surface area contributed by atoms with Crippen LogP contribution in [0.15, 0.2) is 79.3 Å². The second kappa shape index (κ2) is 8.35. The first kappa shape index (κ1) is 18.9. The average molecular weight is 415 g/mol. The van der Waals surface area contributed by atoms with E-state index in [-0.39, 0.29) is 6.79 Å². The average Bonchev–Trinajstić information content (AvgIpc) is 3.49. The maximum absolute atomic E-state index is 5.56. The maximum atomic E-state index is 5.56. The Labute approximate surface area is 179 Å². The molecule has 0 N–H and O–H groups in total. The van der Waals surface area contributed by atoms with Gasteiger partial charge >= 0.3 is 0 Å². The van der Waals surface area contributed by atoms with E-state index in [1.807, 2.05) is 36.5 Å². The molecule has 8 heteroatoms. The number of benzene rings is 1. The van der Waals surface area contributed by atoms with Gasteiger partial charge in [0.15, 0.2) is 11.4 Å². The van der Waals surface area contributed by atoms with Gasteiger partial charge in [0.1, 0.15) is 17.8 Å². The number of pyridine rings is 1. The summed E-state index contributed by atoms with van der Waals surface area (Å²) in [4.78, 5) is 11.4. The lowest BCUT2D eigenvalue weighted by Gasteiger charge is -2.23. The first-order valence-corrected chi connectivity index (χ1v) is 9.86. The number of hydrogen-bond donors (Lipinski definition) is 0. The standard InChI is InChI=1S/C23H21N5O3/c1-29-19-9-18(10-24-11-19)21-12-25-28-8-7-22(26-23(21)28)27(14-20-15-30-16-31-20)13-17-5-3-2-4-6-17/h2-12,15H,13-14,16H2,1H3. The molecule has 31 heavy (non-hydrogen) atoms. The Hall–Kier alpha value is -4.07. The molecule has 5 rings (SSSR count). The first-order valence-electron chi connectivity index (χ1n) is 9.86. The number of methoxy groups -OCH3 is 1. The van der Waals surface area contributed by atoms with Gasteiger partial charge in [0.05, 0.1) is 26.0 Å². The van der Waals surface area contributed by atoms with Crippen molar-refractivity contribution >= 4 is 11.5 Å². The van der Waals surface area contributed by atoms with E-state index in [0.717, 1.165) is 28.4 Å². The van der Waals surface area contributed by atoms with E-state index in [4.69, 9.17) is 19.2 Å². The smallest absolute Gasteiger partial charge is 0.229 e. The Kier molecular flexibility index (Phi) is 5.10. The summed E-state index contributed by atoms with van der Waals surface area (Å²) in [6, 6.07) is 14.1. The first-order chi connectivity index (χ1) is 15.3. The van der Waals surface area contributed by atoms with E-state index < -0.39 is 0 Å². The molecule has 0 bridgehead atoms. The molecule has 3 aromatic heterocycles. The summed E-state index contributed by atoms with van der Waals surface area (Å²) in [5.41, 5.74) is 3.69. The zero-order valence-corrected chi connectivity index (χ0v) is 17.0. The minimum atomic E-state index is 0.247. The molecule has 0 unspecified atom stereocenters. The Morgan fingerprint density at radius 1 is 1.10 bits per heavy atom. The zero-order valence-electron chi connectivity index (χ0n) is 17.0. The zero-order chi connectivity index (χ0) is 21.0. The van der Waals surface area contributed by atoms with Crippen molar-refractivity contribution in [1.29, 1.82) is 0 Å². The van der Waals surface area contributed by atoms with Crippen molar-refractivity contribution in [2.24, 2.45) is 0 Å². The SMILES string of the molecule is COc1cncc(-c2cnn3ccc(N(CC4=COCO4)Cc4ccccc4)nc23)c1. The van der Waals surface area contributed by atoms with Crippen LogP contribution in [0.4, 0.5) is 5.82 Å². The van der Waals surface area contributed by atoms with Crippen LogP contribution in [-0.4, -0.2) is 40.0 Å². The fraction of sp³-hybridized carbons (Fsp3) is 0.174. The van der Waals surface area contributed by atoms with Gasteiger partial charge < -0.3 is 19.1 Å². The van der Waals surface area contributed by atoms with Crippen LogP contribution in [0.1, 0.15) is 5.56 Å². The van der Waals surface area contributed by atoms with Crippen LogP contribution in [0, 0.1) is 0 Å². The third kappa shape index (κ3) is 4.00. The van der Waals surface area contributed by atoms with Gasteiger partial charge in [-0.2, -0.15) is 5.10 Å².